The number of carboxylic acid groups (broad SMARTS) is 1. The molecule has 2 rings (SSSR count). The van der Waals surface area contributed by atoms with Gasteiger partial charge in [-0.15, -0.1) is 0 Å². The molecule has 1 aliphatic heterocycles. The maximum atomic E-state index is 12.1. The highest BCUT2D eigenvalue weighted by molar-refractivity contribution is 5.87. The molecule has 1 aromatic heterocycles. The molecule has 0 aliphatic carbocycles. The second-order valence-corrected chi connectivity index (χ2v) is 4.82. The van der Waals surface area contributed by atoms with Crippen molar-refractivity contribution in [2.75, 3.05) is 13.1 Å². The van der Waals surface area contributed by atoms with Crippen molar-refractivity contribution >= 4 is 5.97 Å². The lowest BCUT2D eigenvalue weighted by Gasteiger charge is -2.17. The Balaban J connectivity index is 2.59. The lowest BCUT2D eigenvalue weighted by Crippen LogP contribution is -2.43. The largest absolute Gasteiger partial charge is 0.477 e. The topological polar surface area (TPSA) is 84.5 Å². The van der Waals surface area contributed by atoms with Crippen molar-refractivity contribution in [1.29, 1.82) is 0 Å². The van der Waals surface area contributed by atoms with Crippen LogP contribution in [0.25, 0.3) is 0 Å². The van der Waals surface area contributed by atoms with Crippen LogP contribution in [0.15, 0.2) is 9.59 Å². The monoisotopic (exact) mass is 267 g/mol. The highest BCUT2D eigenvalue weighted by Crippen LogP contribution is 2.12. The van der Waals surface area contributed by atoms with Gasteiger partial charge in [0.15, 0.2) is 0 Å². The SMILES string of the molecule is Cn1c(C(=O)O)c(CN2CCCC2)c(=O)n(C)c1=O. The first-order valence-electron chi connectivity index (χ1n) is 6.18. The Morgan fingerprint density at radius 2 is 1.74 bits per heavy atom. The van der Waals surface area contributed by atoms with Crippen molar-refractivity contribution in [2.45, 2.75) is 19.4 Å². The van der Waals surface area contributed by atoms with Crippen LogP contribution in [0, 0.1) is 0 Å². The number of likely N-dealkylation sites (tertiary alicyclic amines) is 1. The number of carboxylic acids is 1. The Hall–Kier alpha value is -1.89. The van der Waals surface area contributed by atoms with Crippen molar-refractivity contribution in [3.8, 4) is 0 Å². The minimum Gasteiger partial charge on any atom is -0.477 e. The molecule has 0 radical (unpaired) electrons. The predicted molar refractivity (Wildman–Crippen MR) is 68.4 cm³/mol. The van der Waals surface area contributed by atoms with Crippen LogP contribution in [-0.2, 0) is 20.6 Å². The van der Waals surface area contributed by atoms with E-state index in [1.54, 1.807) is 0 Å². The van der Waals surface area contributed by atoms with Crippen LogP contribution < -0.4 is 11.2 Å². The summed E-state index contributed by atoms with van der Waals surface area (Å²) in [5.41, 5.74) is -1.17. The fraction of sp³-hybridized carbons (Fsp3) is 0.583. The zero-order valence-corrected chi connectivity index (χ0v) is 11.0. The molecule has 0 spiro atoms. The second kappa shape index (κ2) is 5.00. The highest BCUT2D eigenvalue weighted by Gasteiger charge is 2.23. The van der Waals surface area contributed by atoms with Crippen LogP contribution in [0.4, 0.5) is 0 Å². The summed E-state index contributed by atoms with van der Waals surface area (Å²) < 4.78 is 1.98. The summed E-state index contributed by atoms with van der Waals surface area (Å²) in [4.78, 5) is 37.2. The van der Waals surface area contributed by atoms with Crippen molar-refractivity contribution < 1.29 is 9.90 Å². The maximum absolute atomic E-state index is 12.1. The van der Waals surface area contributed by atoms with Gasteiger partial charge in [-0.2, -0.15) is 0 Å². The average molecular weight is 267 g/mol. The van der Waals surface area contributed by atoms with Gasteiger partial charge in [-0.3, -0.25) is 18.8 Å². The van der Waals surface area contributed by atoms with Gasteiger partial charge in [0.05, 0.1) is 5.56 Å². The van der Waals surface area contributed by atoms with Crippen molar-refractivity contribution in [1.82, 2.24) is 14.0 Å². The summed E-state index contributed by atoms with van der Waals surface area (Å²) in [5.74, 6) is -1.24. The summed E-state index contributed by atoms with van der Waals surface area (Å²) in [5, 5.41) is 9.23. The Labute approximate surface area is 109 Å². The third-order valence-electron chi connectivity index (χ3n) is 3.54. The second-order valence-electron chi connectivity index (χ2n) is 4.82. The molecule has 0 unspecified atom stereocenters. The smallest absolute Gasteiger partial charge is 0.353 e. The van der Waals surface area contributed by atoms with Gasteiger partial charge in [0.2, 0.25) is 0 Å². The van der Waals surface area contributed by atoms with Gasteiger partial charge in [0, 0.05) is 20.6 Å². The molecule has 19 heavy (non-hydrogen) atoms. The molecule has 0 saturated carbocycles. The number of carbonyl (C=O) groups is 1. The highest BCUT2D eigenvalue weighted by atomic mass is 16.4. The molecule has 0 aromatic carbocycles. The lowest BCUT2D eigenvalue weighted by molar-refractivity contribution is 0.0681. The fourth-order valence-corrected chi connectivity index (χ4v) is 2.49. The molecular weight excluding hydrogens is 250 g/mol. The molecule has 0 amide bonds. The van der Waals surface area contributed by atoms with Crippen molar-refractivity contribution in [2.24, 2.45) is 14.1 Å². The van der Waals surface area contributed by atoms with Gasteiger partial charge in [0.1, 0.15) is 5.69 Å². The normalized spacial score (nSPS) is 15.9. The third-order valence-corrected chi connectivity index (χ3v) is 3.54. The van der Waals surface area contributed by atoms with E-state index in [1.165, 1.54) is 14.1 Å². The minimum absolute atomic E-state index is 0.180. The van der Waals surface area contributed by atoms with E-state index >= 15 is 0 Å². The zero-order valence-electron chi connectivity index (χ0n) is 11.0. The first kappa shape index (κ1) is 13.5. The van der Waals surface area contributed by atoms with Gasteiger partial charge in [-0.25, -0.2) is 9.59 Å². The standard InChI is InChI=1S/C12H17N3O4/c1-13-9(11(17)18)8(7-15-5-3-4-6-15)10(16)14(2)12(13)19/h3-7H2,1-2H3,(H,17,18). The van der Waals surface area contributed by atoms with E-state index in [4.69, 9.17) is 0 Å². The van der Waals surface area contributed by atoms with Crippen LogP contribution in [0.1, 0.15) is 28.9 Å². The molecular formula is C12H17N3O4. The third kappa shape index (κ3) is 2.33. The molecule has 7 heteroatoms. The predicted octanol–water partition coefficient (Wildman–Crippen LogP) is -0.622. The van der Waals surface area contributed by atoms with E-state index in [0.29, 0.717) is 0 Å². The van der Waals surface area contributed by atoms with E-state index < -0.39 is 17.2 Å². The van der Waals surface area contributed by atoms with Crippen LogP contribution in [0.2, 0.25) is 0 Å². The van der Waals surface area contributed by atoms with Crippen molar-refractivity contribution in [3.63, 3.8) is 0 Å². The number of hydrogen-bond donors (Lipinski definition) is 1. The molecule has 0 bridgehead atoms. The number of nitrogens with zero attached hydrogens (tertiary/aromatic N) is 3. The molecule has 0 atom stereocenters. The Morgan fingerprint density at radius 3 is 2.26 bits per heavy atom. The summed E-state index contributed by atoms with van der Waals surface area (Å²) >= 11 is 0. The van der Waals surface area contributed by atoms with Crippen molar-refractivity contribution in [3.05, 3.63) is 32.1 Å². The van der Waals surface area contributed by atoms with Crippen LogP contribution in [0.3, 0.4) is 0 Å². The molecule has 1 aliphatic rings. The molecule has 1 N–H and O–H groups in total. The quantitative estimate of drug-likeness (QED) is 0.789. The number of aromatic nitrogens is 2. The van der Waals surface area contributed by atoms with Crippen LogP contribution in [0.5, 0.6) is 0 Å². The molecule has 2 heterocycles. The molecule has 1 aromatic rings. The van der Waals surface area contributed by atoms with Gasteiger partial charge in [-0.05, 0) is 25.9 Å². The van der Waals surface area contributed by atoms with Crippen LogP contribution >= 0.6 is 0 Å². The van der Waals surface area contributed by atoms with Gasteiger partial charge < -0.3 is 5.11 Å². The number of rotatable bonds is 3. The molecule has 1 fully saturated rings. The summed E-state index contributed by atoms with van der Waals surface area (Å²) in [7, 11) is 2.74. The van der Waals surface area contributed by atoms with Gasteiger partial charge >= 0.3 is 11.7 Å². The van der Waals surface area contributed by atoms with Crippen LogP contribution in [-0.4, -0.2) is 38.2 Å². The van der Waals surface area contributed by atoms with E-state index in [9.17, 15) is 19.5 Å². The van der Waals surface area contributed by atoms with Gasteiger partial charge in [-0.1, -0.05) is 0 Å². The van der Waals surface area contributed by atoms with E-state index in [-0.39, 0.29) is 17.8 Å². The first-order chi connectivity index (χ1) is 8.93. The Kier molecular flexibility index (Phi) is 3.57. The van der Waals surface area contributed by atoms with E-state index in [2.05, 4.69) is 0 Å². The zero-order chi connectivity index (χ0) is 14.2. The van der Waals surface area contributed by atoms with E-state index in [0.717, 1.165) is 35.1 Å². The maximum Gasteiger partial charge on any atom is 0.353 e. The minimum atomic E-state index is -1.24. The fourth-order valence-electron chi connectivity index (χ4n) is 2.49. The number of aromatic carboxylic acids is 1. The van der Waals surface area contributed by atoms with Gasteiger partial charge in [0.25, 0.3) is 5.56 Å². The molecule has 104 valence electrons. The lowest BCUT2D eigenvalue weighted by atomic mass is 10.2. The molecule has 7 nitrogen and oxygen atoms in total. The number of hydrogen-bond acceptors (Lipinski definition) is 4. The Morgan fingerprint density at radius 1 is 1.16 bits per heavy atom. The summed E-state index contributed by atoms with van der Waals surface area (Å²) in [6, 6.07) is 0. The summed E-state index contributed by atoms with van der Waals surface area (Å²) in [6.45, 7) is 1.98. The average Bonchev–Trinajstić information content (AvgIpc) is 2.86. The Bertz CT molecular complexity index is 623. The van der Waals surface area contributed by atoms with E-state index in [1.807, 2.05) is 4.90 Å². The molecule has 1 saturated heterocycles. The summed E-state index contributed by atoms with van der Waals surface area (Å²) in [6.07, 6.45) is 2.10. The first-order valence-corrected chi connectivity index (χ1v) is 6.18.